The Morgan fingerprint density at radius 1 is 1.10 bits per heavy atom. The molecule has 2 aromatic rings. The highest BCUT2D eigenvalue weighted by atomic mass is 35.5. The number of hydrogen-bond donors (Lipinski definition) is 3. The Morgan fingerprint density at radius 3 is 2.48 bits per heavy atom. The van der Waals surface area contributed by atoms with Gasteiger partial charge in [0, 0.05) is 22.3 Å². The molecular formula is C13H14Cl3N5. The summed E-state index contributed by atoms with van der Waals surface area (Å²) in [7, 11) is 0. The molecule has 0 aliphatic carbocycles. The van der Waals surface area contributed by atoms with Crippen LogP contribution in [0.25, 0.3) is 0 Å². The Balaban J connectivity index is 2.14. The van der Waals surface area contributed by atoms with E-state index < -0.39 is 0 Å². The van der Waals surface area contributed by atoms with Crippen molar-refractivity contribution in [1.29, 1.82) is 0 Å². The average Bonchev–Trinajstić information content (AvgIpc) is 2.41. The summed E-state index contributed by atoms with van der Waals surface area (Å²) in [5.41, 5.74) is 6.14. The second kappa shape index (κ2) is 7.66. The summed E-state index contributed by atoms with van der Waals surface area (Å²) in [6, 6.07) is 5.11. The molecule has 0 saturated carbocycles. The summed E-state index contributed by atoms with van der Waals surface area (Å²) in [6.07, 6.45) is 2.35. The Bertz CT molecular complexity index is 601. The highest BCUT2D eigenvalue weighted by Crippen LogP contribution is 2.25. The molecule has 2 rings (SSSR count). The van der Waals surface area contributed by atoms with Gasteiger partial charge in [0.25, 0.3) is 0 Å². The van der Waals surface area contributed by atoms with E-state index >= 15 is 0 Å². The minimum absolute atomic E-state index is 0.396. The van der Waals surface area contributed by atoms with Gasteiger partial charge in [-0.15, -0.1) is 0 Å². The lowest BCUT2D eigenvalue weighted by Crippen LogP contribution is -2.10. The molecule has 4 N–H and O–H groups in total. The molecular weight excluding hydrogens is 333 g/mol. The first-order valence-corrected chi connectivity index (χ1v) is 7.41. The first kappa shape index (κ1) is 16.1. The molecule has 0 unspecified atom stereocenters. The summed E-state index contributed by atoms with van der Waals surface area (Å²) < 4.78 is 0. The van der Waals surface area contributed by atoms with Crippen molar-refractivity contribution in [2.24, 2.45) is 5.73 Å². The van der Waals surface area contributed by atoms with Crippen molar-refractivity contribution in [3.05, 3.63) is 39.5 Å². The van der Waals surface area contributed by atoms with Gasteiger partial charge in [-0.2, -0.15) is 4.98 Å². The van der Waals surface area contributed by atoms with Crippen molar-refractivity contribution < 1.29 is 0 Å². The van der Waals surface area contributed by atoms with Crippen LogP contribution in [0.2, 0.25) is 15.1 Å². The van der Waals surface area contributed by atoms with Crippen molar-refractivity contribution >= 4 is 52.3 Å². The van der Waals surface area contributed by atoms with Crippen molar-refractivity contribution in [2.45, 2.75) is 6.42 Å². The van der Waals surface area contributed by atoms with Crippen molar-refractivity contribution in [1.82, 2.24) is 9.97 Å². The number of halogens is 3. The van der Waals surface area contributed by atoms with E-state index in [1.165, 1.54) is 6.20 Å². The lowest BCUT2D eigenvalue weighted by Gasteiger charge is -2.10. The quantitative estimate of drug-likeness (QED) is 0.691. The normalized spacial score (nSPS) is 10.5. The molecule has 0 amide bonds. The Morgan fingerprint density at radius 2 is 1.81 bits per heavy atom. The molecule has 0 aliphatic rings. The van der Waals surface area contributed by atoms with E-state index in [-0.39, 0.29) is 0 Å². The number of nitrogens with zero attached hydrogens (tertiary/aromatic N) is 2. The van der Waals surface area contributed by atoms with E-state index in [9.17, 15) is 0 Å². The fourth-order valence-corrected chi connectivity index (χ4v) is 2.30. The van der Waals surface area contributed by atoms with Crippen molar-refractivity contribution in [3.8, 4) is 0 Å². The summed E-state index contributed by atoms with van der Waals surface area (Å²) in [6.45, 7) is 1.29. The summed E-state index contributed by atoms with van der Waals surface area (Å²) in [5.74, 6) is 0.948. The second-order valence-electron chi connectivity index (χ2n) is 4.24. The minimum atomic E-state index is 0.396. The number of nitrogens with one attached hydrogen (secondary N) is 2. The van der Waals surface area contributed by atoms with Gasteiger partial charge in [0.15, 0.2) is 0 Å². The molecule has 1 heterocycles. The lowest BCUT2D eigenvalue weighted by molar-refractivity contribution is 0.869. The van der Waals surface area contributed by atoms with E-state index in [1.807, 2.05) is 0 Å². The van der Waals surface area contributed by atoms with Crippen molar-refractivity contribution in [2.75, 3.05) is 23.7 Å². The van der Waals surface area contributed by atoms with Crippen molar-refractivity contribution in [3.63, 3.8) is 0 Å². The van der Waals surface area contributed by atoms with Gasteiger partial charge in [-0.1, -0.05) is 34.8 Å². The van der Waals surface area contributed by atoms with E-state index in [1.54, 1.807) is 18.2 Å². The van der Waals surface area contributed by atoms with Gasteiger partial charge in [-0.3, -0.25) is 0 Å². The molecule has 0 aliphatic heterocycles. The summed E-state index contributed by atoms with van der Waals surface area (Å²) in [4.78, 5) is 8.42. The zero-order chi connectivity index (χ0) is 15.2. The van der Waals surface area contributed by atoms with E-state index in [2.05, 4.69) is 20.6 Å². The molecule has 0 atom stereocenters. The van der Waals surface area contributed by atoms with Crippen LogP contribution in [-0.4, -0.2) is 23.1 Å². The Labute approximate surface area is 137 Å². The minimum Gasteiger partial charge on any atom is -0.369 e. The zero-order valence-corrected chi connectivity index (χ0v) is 13.3. The average molecular weight is 347 g/mol. The molecule has 0 bridgehead atoms. The third-order valence-electron chi connectivity index (χ3n) is 2.54. The van der Waals surface area contributed by atoms with Gasteiger partial charge < -0.3 is 16.4 Å². The molecule has 5 nitrogen and oxygen atoms in total. The Hall–Kier alpha value is -1.27. The molecule has 0 saturated heterocycles. The predicted octanol–water partition coefficient (Wildman–Crippen LogP) is 3.94. The first-order valence-electron chi connectivity index (χ1n) is 6.28. The van der Waals surface area contributed by atoms with Crippen LogP contribution in [0.3, 0.4) is 0 Å². The van der Waals surface area contributed by atoms with E-state index in [0.29, 0.717) is 45.6 Å². The van der Waals surface area contributed by atoms with Crippen LogP contribution in [0.4, 0.5) is 17.5 Å². The largest absolute Gasteiger partial charge is 0.369 e. The molecule has 0 fully saturated rings. The first-order chi connectivity index (χ1) is 10.1. The second-order valence-corrected chi connectivity index (χ2v) is 5.52. The molecule has 0 spiro atoms. The predicted molar refractivity (Wildman–Crippen MR) is 88.9 cm³/mol. The number of anilines is 3. The van der Waals surface area contributed by atoms with Crippen LogP contribution in [0.5, 0.6) is 0 Å². The topological polar surface area (TPSA) is 75.9 Å². The standard InChI is InChI=1S/C13H14Cl3N5/c14-8-4-9(15)6-10(5-8)20-13-19-7-11(16)12(21-13)18-3-1-2-17/h4-7H,1-3,17H2,(H2,18,19,20,21). The van der Waals surface area contributed by atoms with Crippen LogP contribution in [0.1, 0.15) is 6.42 Å². The monoisotopic (exact) mass is 345 g/mol. The van der Waals surface area contributed by atoms with Crippen LogP contribution >= 0.6 is 34.8 Å². The highest BCUT2D eigenvalue weighted by molar-refractivity contribution is 6.35. The maximum absolute atomic E-state index is 6.04. The zero-order valence-electron chi connectivity index (χ0n) is 11.0. The molecule has 112 valence electrons. The summed E-state index contributed by atoms with van der Waals surface area (Å²) in [5, 5.41) is 7.64. The molecule has 8 heteroatoms. The molecule has 21 heavy (non-hydrogen) atoms. The van der Waals surface area contributed by atoms with Gasteiger partial charge in [0.1, 0.15) is 10.8 Å². The Kier molecular flexibility index (Phi) is 5.87. The third kappa shape index (κ3) is 4.89. The fourth-order valence-electron chi connectivity index (χ4n) is 1.62. The van der Waals surface area contributed by atoms with Crippen LogP contribution in [0, 0.1) is 0 Å². The van der Waals surface area contributed by atoms with Gasteiger partial charge in [0.2, 0.25) is 5.95 Å². The lowest BCUT2D eigenvalue weighted by atomic mass is 10.3. The maximum Gasteiger partial charge on any atom is 0.229 e. The van der Waals surface area contributed by atoms with Crippen LogP contribution < -0.4 is 16.4 Å². The van der Waals surface area contributed by atoms with Gasteiger partial charge in [-0.25, -0.2) is 4.98 Å². The number of nitrogens with two attached hydrogens (primary N) is 1. The highest BCUT2D eigenvalue weighted by Gasteiger charge is 2.06. The molecule has 1 aromatic carbocycles. The van der Waals surface area contributed by atoms with E-state index in [4.69, 9.17) is 40.5 Å². The maximum atomic E-state index is 6.04. The number of benzene rings is 1. The number of rotatable bonds is 6. The molecule has 1 aromatic heterocycles. The number of aromatic nitrogens is 2. The summed E-state index contributed by atoms with van der Waals surface area (Å²) >= 11 is 17.9. The van der Waals surface area contributed by atoms with E-state index in [0.717, 1.165) is 6.42 Å². The molecule has 0 radical (unpaired) electrons. The van der Waals surface area contributed by atoms with Gasteiger partial charge in [-0.05, 0) is 31.2 Å². The van der Waals surface area contributed by atoms with Crippen LogP contribution in [-0.2, 0) is 0 Å². The van der Waals surface area contributed by atoms with Gasteiger partial charge in [0.05, 0.1) is 6.20 Å². The van der Waals surface area contributed by atoms with Gasteiger partial charge >= 0.3 is 0 Å². The smallest absolute Gasteiger partial charge is 0.229 e. The fraction of sp³-hybridized carbons (Fsp3) is 0.231. The number of hydrogen-bond acceptors (Lipinski definition) is 5. The van der Waals surface area contributed by atoms with Crippen LogP contribution in [0.15, 0.2) is 24.4 Å². The third-order valence-corrected chi connectivity index (χ3v) is 3.25. The SMILES string of the molecule is NCCCNc1nc(Nc2cc(Cl)cc(Cl)c2)ncc1Cl.